The van der Waals surface area contributed by atoms with Crippen LogP contribution in [0.2, 0.25) is 0 Å². The van der Waals surface area contributed by atoms with Crippen molar-refractivity contribution in [1.82, 2.24) is 30.0 Å². The molecule has 9 heteroatoms. The van der Waals surface area contributed by atoms with E-state index >= 15 is 0 Å². The van der Waals surface area contributed by atoms with Crippen molar-refractivity contribution >= 4 is 6.03 Å². The molecule has 2 aromatic carbocycles. The summed E-state index contributed by atoms with van der Waals surface area (Å²) in [6, 6.07) is 16.1. The predicted molar refractivity (Wildman–Crippen MR) is 149 cm³/mol. The summed E-state index contributed by atoms with van der Waals surface area (Å²) in [4.78, 5) is 37.3. The SMILES string of the molecule is CC(C)N1C(=O)N(Cc2nc[nH]c(=O)c2O)CC1c1ccc(C#Cc2ccc(CN3CCNCC3)cc2)cc1. The van der Waals surface area contributed by atoms with Gasteiger partial charge in [0.1, 0.15) is 5.69 Å². The normalized spacial score (nSPS) is 17.9. The minimum Gasteiger partial charge on any atom is -0.502 e. The van der Waals surface area contributed by atoms with Crippen molar-refractivity contribution in [3.63, 3.8) is 0 Å². The van der Waals surface area contributed by atoms with Gasteiger partial charge in [-0.25, -0.2) is 9.78 Å². The van der Waals surface area contributed by atoms with E-state index in [4.69, 9.17) is 0 Å². The van der Waals surface area contributed by atoms with Crippen molar-refractivity contribution in [3.05, 3.63) is 93.2 Å². The Morgan fingerprint density at radius 1 is 0.974 bits per heavy atom. The number of hydrogen-bond acceptors (Lipinski definition) is 6. The van der Waals surface area contributed by atoms with Gasteiger partial charge in [0.25, 0.3) is 5.56 Å². The number of nitrogens with one attached hydrogen (secondary N) is 2. The highest BCUT2D eigenvalue weighted by molar-refractivity contribution is 5.78. The molecule has 202 valence electrons. The first-order valence-corrected chi connectivity index (χ1v) is 13.4. The van der Waals surface area contributed by atoms with E-state index in [0.717, 1.165) is 49.4 Å². The van der Waals surface area contributed by atoms with Crippen molar-refractivity contribution < 1.29 is 9.90 Å². The summed E-state index contributed by atoms with van der Waals surface area (Å²) in [5.41, 5.74) is 3.74. The Kier molecular flexibility index (Phi) is 7.96. The maximum Gasteiger partial charge on any atom is 0.321 e. The number of amides is 2. The first-order valence-electron chi connectivity index (χ1n) is 13.4. The van der Waals surface area contributed by atoms with Crippen LogP contribution in [0.5, 0.6) is 5.75 Å². The Balaban J connectivity index is 1.26. The third kappa shape index (κ3) is 6.14. The second-order valence-electron chi connectivity index (χ2n) is 10.3. The van der Waals surface area contributed by atoms with Crippen LogP contribution in [-0.4, -0.2) is 74.6 Å². The van der Waals surface area contributed by atoms with Crippen LogP contribution in [-0.2, 0) is 13.1 Å². The zero-order valence-electron chi connectivity index (χ0n) is 22.4. The molecule has 1 aromatic heterocycles. The summed E-state index contributed by atoms with van der Waals surface area (Å²) in [7, 11) is 0. The predicted octanol–water partition coefficient (Wildman–Crippen LogP) is 2.67. The van der Waals surface area contributed by atoms with Crippen LogP contribution in [0.1, 0.15) is 47.8 Å². The quantitative estimate of drug-likeness (QED) is 0.427. The van der Waals surface area contributed by atoms with E-state index < -0.39 is 11.3 Å². The molecule has 2 fully saturated rings. The average molecular weight is 527 g/mol. The maximum atomic E-state index is 13.2. The molecule has 0 saturated carbocycles. The van der Waals surface area contributed by atoms with Crippen LogP contribution >= 0.6 is 0 Å². The van der Waals surface area contributed by atoms with Gasteiger partial charge < -0.3 is 25.2 Å². The molecule has 3 N–H and O–H groups in total. The Morgan fingerprint density at radius 2 is 1.62 bits per heavy atom. The second-order valence-corrected chi connectivity index (χ2v) is 10.3. The van der Waals surface area contributed by atoms with Crippen molar-refractivity contribution in [2.75, 3.05) is 32.7 Å². The number of aromatic nitrogens is 2. The molecule has 2 aliphatic heterocycles. The van der Waals surface area contributed by atoms with Gasteiger partial charge in [0.15, 0.2) is 0 Å². The molecule has 0 aliphatic carbocycles. The smallest absolute Gasteiger partial charge is 0.321 e. The summed E-state index contributed by atoms with van der Waals surface area (Å²) in [6.45, 7) is 9.66. The Labute approximate surface area is 228 Å². The minimum absolute atomic E-state index is 0.0257. The van der Waals surface area contributed by atoms with Gasteiger partial charge in [-0.3, -0.25) is 9.69 Å². The van der Waals surface area contributed by atoms with E-state index in [2.05, 4.69) is 56.3 Å². The van der Waals surface area contributed by atoms with Gasteiger partial charge in [-0.15, -0.1) is 0 Å². The number of nitrogens with zero attached hydrogens (tertiary/aromatic N) is 4. The van der Waals surface area contributed by atoms with E-state index in [1.54, 1.807) is 4.90 Å². The molecule has 0 spiro atoms. The first-order chi connectivity index (χ1) is 18.9. The Hall–Kier alpha value is -4.13. The zero-order chi connectivity index (χ0) is 27.4. The summed E-state index contributed by atoms with van der Waals surface area (Å²) >= 11 is 0. The largest absolute Gasteiger partial charge is 0.502 e. The number of urea groups is 1. The van der Waals surface area contributed by atoms with Gasteiger partial charge in [-0.05, 0) is 49.2 Å². The number of H-pyrrole nitrogens is 1. The highest BCUT2D eigenvalue weighted by Gasteiger charge is 2.39. The lowest BCUT2D eigenvalue weighted by Gasteiger charge is -2.27. The molecule has 5 rings (SSSR count). The molecule has 3 heterocycles. The molecule has 2 amide bonds. The van der Waals surface area contributed by atoms with Gasteiger partial charge in [-0.2, -0.15) is 0 Å². The van der Waals surface area contributed by atoms with Crippen LogP contribution < -0.4 is 10.9 Å². The minimum atomic E-state index is -0.619. The standard InChI is InChI=1S/C30H34N6O3/c1-21(2)36-27(19-35(30(36)39)18-26-28(37)29(38)33-20-32-26)25-11-9-23(10-12-25)4-3-22-5-7-24(8-6-22)17-34-15-13-31-14-16-34/h5-12,20-21,27,31,37H,13-19H2,1-2H3,(H,32,33,38). The second kappa shape index (κ2) is 11.7. The number of carbonyl (C=O) groups excluding carboxylic acids is 1. The van der Waals surface area contributed by atoms with E-state index in [1.165, 1.54) is 11.9 Å². The van der Waals surface area contributed by atoms with Gasteiger partial charge in [0.05, 0.1) is 18.9 Å². The number of carbonyl (C=O) groups is 1. The highest BCUT2D eigenvalue weighted by atomic mass is 16.3. The number of hydrogen-bond donors (Lipinski definition) is 3. The fourth-order valence-electron chi connectivity index (χ4n) is 5.13. The van der Waals surface area contributed by atoms with Crippen LogP contribution in [0, 0.1) is 11.8 Å². The van der Waals surface area contributed by atoms with Crippen molar-refractivity contribution in [3.8, 4) is 17.6 Å². The monoisotopic (exact) mass is 526 g/mol. The molecule has 0 bridgehead atoms. The molecule has 2 aliphatic rings. The number of piperazine rings is 1. The number of aromatic hydroxyl groups is 1. The Morgan fingerprint density at radius 3 is 2.26 bits per heavy atom. The molecule has 39 heavy (non-hydrogen) atoms. The van der Waals surface area contributed by atoms with E-state index in [0.29, 0.717) is 6.54 Å². The van der Waals surface area contributed by atoms with E-state index in [9.17, 15) is 14.7 Å². The molecular weight excluding hydrogens is 492 g/mol. The molecule has 2 saturated heterocycles. The fraction of sp³-hybridized carbons (Fsp3) is 0.367. The number of aromatic amines is 1. The average Bonchev–Trinajstić information content (AvgIpc) is 3.27. The van der Waals surface area contributed by atoms with Crippen LogP contribution in [0.4, 0.5) is 4.79 Å². The third-order valence-corrected chi connectivity index (χ3v) is 7.24. The van der Waals surface area contributed by atoms with Gasteiger partial charge in [-0.1, -0.05) is 36.1 Å². The van der Waals surface area contributed by atoms with Crippen molar-refractivity contribution in [1.29, 1.82) is 0 Å². The number of rotatable bonds is 6. The molecule has 3 aromatic rings. The lowest BCUT2D eigenvalue weighted by Crippen LogP contribution is -2.42. The summed E-state index contributed by atoms with van der Waals surface area (Å²) in [5, 5.41) is 13.5. The van der Waals surface area contributed by atoms with Crippen LogP contribution in [0.25, 0.3) is 0 Å². The number of benzene rings is 2. The molecule has 1 atom stereocenters. The van der Waals surface area contributed by atoms with Crippen molar-refractivity contribution in [2.24, 2.45) is 0 Å². The summed E-state index contributed by atoms with van der Waals surface area (Å²) in [6.07, 6.45) is 1.23. The summed E-state index contributed by atoms with van der Waals surface area (Å²) < 4.78 is 0. The molecule has 1 unspecified atom stereocenters. The topological polar surface area (TPSA) is 105 Å². The van der Waals surface area contributed by atoms with E-state index in [-0.39, 0.29) is 30.4 Å². The van der Waals surface area contributed by atoms with Gasteiger partial charge in [0, 0.05) is 56.4 Å². The zero-order valence-corrected chi connectivity index (χ0v) is 22.4. The lowest BCUT2D eigenvalue weighted by atomic mass is 10.0. The molecule has 9 nitrogen and oxygen atoms in total. The highest BCUT2D eigenvalue weighted by Crippen LogP contribution is 2.33. The fourth-order valence-corrected chi connectivity index (χ4v) is 5.13. The molecule has 0 radical (unpaired) electrons. The third-order valence-electron chi connectivity index (χ3n) is 7.24. The lowest BCUT2D eigenvalue weighted by molar-refractivity contribution is 0.171. The van der Waals surface area contributed by atoms with Crippen LogP contribution in [0.15, 0.2) is 59.7 Å². The van der Waals surface area contributed by atoms with Crippen molar-refractivity contribution in [2.45, 2.75) is 39.0 Å². The maximum absolute atomic E-state index is 13.2. The molecular formula is C30H34N6O3. The van der Waals surface area contributed by atoms with Gasteiger partial charge >= 0.3 is 6.03 Å². The van der Waals surface area contributed by atoms with E-state index in [1.807, 2.05) is 43.0 Å². The first kappa shape index (κ1) is 26.5. The van der Waals surface area contributed by atoms with Gasteiger partial charge in [0.2, 0.25) is 5.75 Å². The van der Waals surface area contributed by atoms with Crippen LogP contribution in [0.3, 0.4) is 0 Å². The Bertz CT molecular complexity index is 1420. The summed E-state index contributed by atoms with van der Waals surface area (Å²) in [5.74, 6) is 6.04.